The second kappa shape index (κ2) is 8.10. The molecule has 1 aromatic rings. The van der Waals surface area contributed by atoms with Crippen molar-refractivity contribution in [3.05, 3.63) is 35.4 Å². The summed E-state index contributed by atoms with van der Waals surface area (Å²) in [6.07, 6.45) is 3.99. The van der Waals surface area contributed by atoms with Crippen LogP contribution in [0.25, 0.3) is 6.08 Å². The maximum atomic E-state index is 10.6. The van der Waals surface area contributed by atoms with E-state index in [9.17, 15) is 4.79 Å². The molecule has 5 heteroatoms. The molecule has 0 spiro atoms. The van der Waals surface area contributed by atoms with Crippen molar-refractivity contribution in [3.63, 3.8) is 0 Å². The van der Waals surface area contributed by atoms with Crippen LogP contribution in [0.1, 0.15) is 17.5 Å². The van der Waals surface area contributed by atoms with Gasteiger partial charge in [-0.1, -0.05) is 6.07 Å². The van der Waals surface area contributed by atoms with Gasteiger partial charge in [0.25, 0.3) is 0 Å². The summed E-state index contributed by atoms with van der Waals surface area (Å²) in [6.45, 7) is 3.03. The van der Waals surface area contributed by atoms with Gasteiger partial charge in [0.2, 0.25) is 0 Å². The number of ether oxygens (including phenoxy) is 1. The monoisotopic (exact) mass is 307 g/mol. The molecule has 0 radical (unpaired) electrons. The van der Waals surface area contributed by atoms with Crippen LogP contribution < -0.4 is 4.74 Å². The zero-order valence-corrected chi connectivity index (χ0v) is 13.1. The first-order valence-corrected chi connectivity index (χ1v) is 8.22. The summed E-state index contributed by atoms with van der Waals surface area (Å²) in [5.74, 6) is 2.33. The van der Waals surface area contributed by atoms with Gasteiger partial charge in [-0.15, -0.1) is 0 Å². The minimum Gasteiger partial charge on any atom is -0.496 e. The van der Waals surface area contributed by atoms with E-state index in [1.54, 1.807) is 13.2 Å². The van der Waals surface area contributed by atoms with E-state index in [1.807, 2.05) is 30.0 Å². The Morgan fingerprint density at radius 1 is 1.43 bits per heavy atom. The van der Waals surface area contributed by atoms with Crippen LogP contribution >= 0.6 is 11.8 Å². The Kier molecular flexibility index (Phi) is 6.14. The third-order valence-electron chi connectivity index (χ3n) is 3.43. The van der Waals surface area contributed by atoms with E-state index in [1.165, 1.54) is 17.9 Å². The lowest BCUT2D eigenvalue weighted by Crippen LogP contribution is -2.25. The Labute approximate surface area is 129 Å². The van der Waals surface area contributed by atoms with Crippen LogP contribution in [-0.4, -0.2) is 47.7 Å². The molecule has 0 atom stereocenters. The highest BCUT2D eigenvalue weighted by Gasteiger charge is 2.12. The normalized spacial score (nSPS) is 16.8. The molecule has 0 aromatic heterocycles. The molecule has 1 aromatic carbocycles. The lowest BCUT2D eigenvalue weighted by molar-refractivity contribution is -0.131. The number of nitrogens with zero attached hydrogens (tertiary/aromatic N) is 1. The minimum atomic E-state index is -0.933. The number of carboxylic acid groups (broad SMARTS) is 1. The van der Waals surface area contributed by atoms with Crippen molar-refractivity contribution < 1.29 is 14.6 Å². The van der Waals surface area contributed by atoms with Crippen molar-refractivity contribution >= 4 is 23.8 Å². The van der Waals surface area contributed by atoms with Crippen LogP contribution in [0.5, 0.6) is 5.75 Å². The number of carboxylic acids is 1. The summed E-state index contributed by atoms with van der Waals surface area (Å²) in [7, 11) is 1.67. The highest BCUT2D eigenvalue weighted by molar-refractivity contribution is 7.99. The summed E-state index contributed by atoms with van der Waals surface area (Å²) >= 11 is 2.01. The first kappa shape index (κ1) is 15.9. The number of rotatable bonds is 5. The lowest BCUT2D eigenvalue weighted by Gasteiger charge is -2.21. The van der Waals surface area contributed by atoms with Crippen molar-refractivity contribution in [3.8, 4) is 5.75 Å². The van der Waals surface area contributed by atoms with Crippen LogP contribution in [0.4, 0.5) is 0 Å². The average Bonchev–Trinajstić information content (AvgIpc) is 2.74. The Balaban J connectivity index is 2.14. The Morgan fingerprint density at radius 2 is 2.29 bits per heavy atom. The standard InChI is InChI=1S/C16H21NO3S/c1-20-15-5-3-13(4-6-16(18)19)11-14(15)12-17-7-2-9-21-10-8-17/h3-6,11H,2,7-10,12H2,1H3,(H,18,19). The van der Waals surface area contributed by atoms with Crippen LogP contribution in [0.15, 0.2) is 24.3 Å². The first-order chi connectivity index (χ1) is 10.2. The molecule has 0 saturated carbocycles. The Hall–Kier alpha value is -1.46. The summed E-state index contributed by atoms with van der Waals surface area (Å²) in [5, 5.41) is 8.72. The van der Waals surface area contributed by atoms with E-state index in [4.69, 9.17) is 9.84 Å². The quantitative estimate of drug-likeness (QED) is 0.848. The van der Waals surface area contributed by atoms with E-state index >= 15 is 0 Å². The van der Waals surface area contributed by atoms with Gasteiger partial charge in [-0.2, -0.15) is 11.8 Å². The molecule has 4 nitrogen and oxygen atoms in total. The van der Waals surface area contributed by atoms with E-state index in [0.717, 1.165) is 42.6 Å². The lowest BCUT2D eigenvalue weighted by atomic mass is 10.1. The highest BCUT2D eigenvalue weighted by atomic mass is 32.2. The molecule has 2 rings (SSSR count). The number of hydrogen-bond acceptors (Lipinski definition) is 4. The summed E-state index contributed by atoms with van der Waals surface area (Å²) < 4.78 is 5.43. The second-order valence-corrected chi connectivity index (χ2v) is 6.21. The van der Waals surface area contributed by atoms with Crippen molar-refractivity contribution in [2.75, 3.05) is 31.7 Å². The van der Waals surface area contributed by atoms with Crippen molar-refractivity contribution in [2.24, 2.45) is 0 Å². The predicted molar refractivity (Wildman–Crippen MR) is 86.9 cm³/mol. The number of methoxy groups -OCH3 is 1. The fourth-order valence-corrected chi connectivity index (χ4v) is 3.31. The molecule has 21 heavy (non-hydrogen) atoms. The first-order valence-electron chi connectivity index (χ1n) is 7.07. The minimum absolute atomic E-state index is 0.846. The molecule has 0 bridgehead atoms. The van der Waals surface area contributed by atoms with Gasteiger partial charge >= 0.3 is 5.97 Å². The highest BCUT2D eigenvalue weighted by Crippen LogP contribution is 2.23. The molecule has 1 aliphatic heterocycles. The summed E-state index contributed by atoms with van der Waals surface area (Å²) in [6, 6.07) is 5.79. The number of benzene rings is 1. The maximum Gasteiger partial charge on any atom is 0.328 e. The average molecular weight is 307 g/mol. The third kappa shape index (κ3) is 5.10. The Morgan fingerprint density at radius 3 is 3.05 bits per heavy atom. The van der Waals surface area contributed by atoms with E-state index in [0.29, 0.717) is 0 Å². The van der Waals surface area contributed by atoms with Gasteiger partial charge in [-0.05, 0) is 42.5 Å². The maximum absolute atomic E-state index is 10.6. The molecule has 1 N–H and O–H groups in total. The molecule has 114 valence electrons. The van der Waals surface area contributed by atoms with Gasteiger partial charge in [0.1, 0.15) is 5.75 Å². The van der Waals surface area contributed by atoms with Gasteiger partial charge in [-0.3, -0.25) is 4.90 Å². The van der Waals surface area contributed by atoms with E-state index < -0.39 is 5.97 Å². The number of aliphatic carboxylic acids is 1. The third-order valence-corrected chi connectivity index (χ3v) is 4.48. The van der Waals surface area contributed by atoms with Crippen molar-refractivity contribution in [2.45, 2.75) is 13.0 Å². The molecule has 1 aliphatic rings. The van der Waals surface area contributed by atoms with Crippen LogP contribution in [0.3, 0.4) is 0 Å². The van der Waals surface area contributed by atoms with Gasteiger partial charge in [-0.25, -0.2) is 4.79 Å². The fraction of sp³-hybridized carbons (Fsp3) is 0.438. The summed E-state index contributed by atoms with van der Waals surface area (Å²) in [5.41, 5.74) is 1.99. The second-order valence-electron chi connectivity index (χ2n) is 4.98. The number of thioether (sulfide) groups is 1. The molecular weight excluding hydrogens is 286 g/mol. The van der Waals surface area contributed by atoms with Crippen LogP contribution in [0, 0.1) is 0 Å². The SMILES string of the molecule is COc1ccc(C=CC(=O)O)cc1CN1CCCSCC1. The van der Waals surface area contributed by atoms with Gasteiger partial charge in [0, 0.05) is 30.5 Å². The van der Waals surface area contributed by atoms with Gasteiger partial charge in [0.05, 0.1) is 7.11 Å². The van der Waals surface area contributed by atoms with Gasteiger partial charge in [0.15, 0.2) is 0 Å². The molecular formula is C16H21NO3S. The molecule has 1 heterocycles. The predicted octanol–water partition coefficient (Wildman–Crippen LogP) is 2.73. The smallest absolute Gasteiger partial charge is 0.328 e. The number of carbonyl (C=O) groups is 1. The van der Waals surface area contributed by atoms with Crippen LogP contribution in [-0.2, 0) is 11.3 Å². The fourth-order valence-electron chi connectivity index (χ4n) is 2.39. The molecule has 1 fully saturated rings. The van der Waals surface area contributed by atoms with E-state index in [-0.39, 0.29) is 0 Å². The summed E-state index contributed by atoms with van der Waals surface area (Å²) in [4.78, 5) is 13.0. The van der Waals surface area contributed by atoms with Crippen LogP contribution in [0.2, 0.25) is 0 Å². The van der Waals surface area contributed by atoms with Gasteiger partial charge < -0.3 is 9.84 Å². The zero-order valence-electron chi connectivity index (χ0n) is 12.2. The zero-order chi connectivity index (χ0) is 15.1. The van der Waals surface area contributed by atoms with Crippen molar-refractivity contribution in [1.82, 2.24) is 4.90 Å². The number of hydrogen-bond donors (Lipinski definition) is 1. The van der Waals surface area contributed by atoms with Crippen molar-refractivity contribution in [1.29, 1.82) is 0 Å². The topological polar surface area (TPSA) is 49.8 Å². The van der Waals surface area contributed by atoms with E-state index in [2.05, 4.69) is 4.90 Å². The molecule has 0 unspecified atom stereocenters. The largest absolute Gasteiger partial charge is 0.496 e. The molecule has 0 aliphatic carbocycles. The molecule has 0 amide bonds. The Bertz CT molecular complexity index is 508. The molecule has 1 saturated heterocycles.